The molecule has 2 bridgehead atoms. The molecule has 3 fully saturated rings. The van der Waals surface area contributed by atoms with Crippen LogP contribution in [-0.4, -0.2) is 79.5 Å². The molecule has 7 rings (SSSR count). The molecule has 0 aliphatic carbocycles. The van der Waals surface area contributed by atoms with E-state index in [1.54, 1.807) is 0 Å². The second-order valence-corrected chi connectivity index (χ2v) is 12.3. The van der Waals surface area contributed by atoms with E-state index >= 15 is 0 Å². The molecule has 214 valence electrons. The molecule has 0 spiro atoms. The molecule has 3 aromatic rings. The summed E-state index contributed by atoms with van der Waals surface area (Å²) in [6.07, 6.45) is 5.57. The zero-order valence-electron chi connectivity index (χ0n) is 23.5. The lowest BCUT2D eigenvalue weighted by Crippen LogP contribution is -2.39. The SMILES string of the molecule is [C-]#[N+]C[C@@H]1CCCN(c2nc(OCCCN3C[C@@H]4C[C@H]3CO4)nc3c2CCN(c2cccc4cccc(Cl)c24)C3)C1. The number of nitrogens with zero attached hydrogens (tertiary/aromatic N) is 6. The molecule has 0 N–H and O–H groups in total. The van der Waals surface area contributed by atoms with Crippen LogP contribution in [0.5, 0.6) is 6.01 Å². The minimum Gasteiger partial charge on any atom is -0.463 e. The molecular weight excluding hydrogens is 536 g/mol. The van der Waals surface area contributed by atoms with E-state index in [0.717, 1.165) is 98.0 Å². The van der Waals surface area contributed by atoms with Crippen LogP contribution in [0.3, 0.4) is 0 Å². The first-order valence-corrected chi connectivity index (χ1v) is 15.4. The monoisotopic (exact) mass is 572 g/mol. The van der Waals surface area contributed by atoms with Crippen LogP contribution in [0.4, 0.5) is 11.5 Å². The summed E-state index contributed by atoms with van der Waals surface area (Å²) in [4.78, 5) is 21.0. The van der Waals surface area contributed by atoms with Crippen molar-refractivity contribution in [3.8, 4) is 6.01 Å². The average molecular weight is 573 g/mol. The maximum atomic E-state index is 7.39. The number of benzene rings is 2. The number of halogens is 1. The highest BCUT2D eigenvalue weighted by Gasteiger charge is 2.38. The fraction of sp³-hybridized carbons (Fsp3) is 0.531. The van der Waals surface area contributed by atoms with Gasteiger partial charge in [0.15, 0.2) is 0 Å². The fourth-order valence-corrected chi connectivity index (χ4v) is 7.46. The van der Waals surface area contributed by atoms with Gasteiger partial charge in [-0.3, -0.25) is 4.90 Å². The Kier molecular flexibility index (Phi) is 7.59. The summed E-state index contributed by atoms with van der Waals surface area (Å²) in [6.45, 7) is 14.9. The van der Waals surface area contributed by atoms with Crippen LogP contribution in [0.2, 0.25) is 5.02 Å². The van der Waals surface area contributed by atoms with Crippen molar-refractivity contribution < 1.29 is 9.47 Å². The Labute approximate surface area is 247 Å². The van der Waals surface area contributed by atoms with E-state index in [1.165, 1.54) is 12.0 Å². The summed E-state index contributed by atoms with van der Waals surface area (Å²) in [7, 11) is 0. The maximum Gasteiger partial charge on any atom is 0.318 e. The first-order chi connectivity index (χ1) is 20.2. The van der Waals surface area contributed by atoms with E-state index in [1.807, 2.05) is 12.1 Å². The predicted molar refractivity (Wildman–Crippen MR) is 162 cm³/mol. The van der Waals surface area contributed by atoms with E-state index in [4.69, 9.17) is 37.6 Å². The number of piperidine rings is 1. The Balaban J connectivity index is 1.14. The van der Waals surface area contributed by atoms with Crippen molar-refractivity contribution in [2.45, 2.75) is 50.8 Å². The van der Waals surface area contributed by atoms with Crippen molar-refractivity contribution in [2.24, 2.45) is 5.92 Å². The van der Waals surface area contributed by atoms with Gasteiger partial charge in [0.2, 0.25) is 6.54 Å². The van der Waals surface area contributed by atoms with E-state index in [2.05, 4.69) is 43.8 Å². The largest absolute Gasteiger partial charge is 0.463 e. The first kappa shape index (κ1) is 26.8. The van der Waals surface area contributed by atoms with Crippen molar-refractivity contribution in [1.29, 1.82) is 0 Å². The number of anilines is 2. The molecule has 3 atom stereocenters. The summed E-state index contributed by atoms with van der Waals surface area (Å²) < 4.78 is 12.0. The van der Waals surface area contributed by atoms with Crippen LogP contribution >= 0.6 is 11.6 Å². The van der Waals surface area contributed by atoms with Gasteiger partial charge in [-0.2, -0.15) is 9.97 Å². The van der Waals surface area contributed by atoms with E-state index in [0.29, 0.717) is 43.8 Å². The molecule has 41 heavy (non-hydrogen) atoms. The van der Waals surface area contributed by atoms with Crippen molar-refractivity contribution in [1.82, 2.24) is 14.9 Å². The van der Waals surface area contributed by atoms with Gasteiger partial charge >= 0.3 is 6.01 Å². The number of hydrogen-bond donors (Lipinski definition) is 0. The Hall–Kier alpha value is -3.12. The zero-order valence-corrected chi connectivity index (χ0v) is 24.2. The molecule has 9 heteroatoms. The third-order valence-corrected chi connectivity index (χ3v) is 9.51. The normalized spacial score (nSPS) is 24.0. The van der Waals surface area contributed by atoms with Gasteiger partial charge in [0.05, 0.1) is 36.6 Å². The minimum absolute atomic E-state index is 0.383. The highest BCUT2D eigenvalue weighted by Crippen LogP contribution is 2.37. The van der Waals surface area contributed by atoms with Gasteiger partial charge in [0.1, 0.15) is 5.82 Å². The number of rotatable bonds is 8. The molecular formula is C32H37ClN6O2. The summed E-state index contributed by atoms with van der Waals surface area (Å²) in [5.74, 6) is 1.39. The zero-order chi connectivity index (χ0) is 27.8. The lowest BCUT2D eigenvalue weighted by atomic mass is 9.96. The van der Waals surface area contributed by atoms with E-state index in [-0.39, 0.29) is 0 Å². The molecule has 3 saturated heterocycles. The van der Waals surface area contributed by atoms with Gasteiger partial charge in [-0.1, -0.05) is 35.9 Å². The lowest BCUT2D eigenvalue weighted by molar-refractivity contribution is 0.0287. The Morgan fingerprint density at radius 2 is 2.00 bits per heavy atom. The number of fused-ring (bicyclic) bond motifs is 4. The molecule has 0 radical (unpaired) electrons. The molecule has 8 nitrogen and oxygen atoms in total. The smallest absolute Gasteiger partial charge is 0.318 e. The van der Waals surface area contributed by atoms with Crippen LogP contribution in [0.25, 0.3) is 15.6 Å². The van der Waals surface area contributed by atoms with E-state index in [9.17, 15) is 0 Å². The Bertz CT molecular complexity index is 1450. The van der Waals surface area contributed by atoms with Gasteiger partial charge in [-0.25, -0.2) is 6.57 Å². The topological polar surface area (TPSA) is 58.3 Å². The number of ether oxygens (including phenoxy) is 2. The van der Waals surface area contributed by atoms with Crippen LogP contribution < -0.4 is 14.5 Å². The molecule has 0 saturated carbocycles. The first-order valence-electron chi connectivity index (χ1n) is 15.0. The van der Waals surface area contributed by atoms with Crippen molar-refractivity contribution in [2.75, 3.05) is 62.3 Å². The lowest BCUT2D eigenvalue weighted by Gasteiger charge is -2.36. The number of morpholine rings is 1. The quantitative estimate of drug-likeness (QED) is 0.271. The van der Waals surface area contributed by atoms with Gasteiger partial charge < -0.3 is 24.1 Å². The van der Waals surface area contributed by atoms with Crippen molar-refractivity contribution in [3.63, 3.8) is 0 Å². The van der Waals surface area contributed by atoms with Gasteiger partial charge in [0.25, 0.3) is 0 Å². The molecule has 2 aromatic carbocycles. The third kappa shape index (κ3) is 5.43. The third-order valence-electron chi connectivity index (χ3n) is 9.20. The van der Waals surface area contributed by atoms with Crippen LogP contribution in [0, 0.1) is 12.5 Å². The highest BCUT2D eigenvalue weighted by molar-refractivity contribution is 6.36. The second-order valence-electron chi connectivity index (χ2n) is 11.9. The van der Waals surface area contributed by atoms with Crippen LogP contribution in [-0.2, 0) is 17.7 Å². The Morgan fingerprint density at radius 1 is 1.10 bits per heavy atom. The predicted octanol–water partition coefficient (Wildman–Crippen LogP) is 5.22. The van der Waals surface area contributed by atoms with Crippen LogP contribution in [0.1, 0.15) is 36.9 Å². The molecule has 4 aliphatic heterocycles. The standard InChI is InChI=1S/C32H37ClN6O2/c1-34-17-22-6-4-12-39(18-22)31-26-11-14-38(29-10-3-8-23-7-2-9-27(33)30(23)29)20-28(26)35-32(36-31)40-15-5-13-37-19-25-16-24(37)21-41-25/h2-3,7-10,22,24-25H,4-6,11-21H2/t22-,24-,25-/m0/s1. The molecule has 4 aliphatic rings. The summed E-state index contributed by atoms with van der Waals surface area (Å²) in [5, 5.41) is 3.00. The van der Waals surface area contributed by atoms with Crippen molar-refractivity contribution >= 4 is 33.9 Å². The molecule has 1 aromatic heterocycles. The maximum absolute atomic E-state index is 7.39. The van der Waals surface area contributed by atoms with E-state index < -0.39 is 0 Å². The number of likely N-dealkylation sites (tertiary alicyclic amines) is 1. The van der Waals surface area contributed by atoms with Gasteiger partial charge in [-0.05, 0) is 49.6 Å². The van der Waals surface area contributed by atoms with Gasteiger partial charge in [-0.15, -0.1) is 0 Å². The van der Waals surface area contributed by atoms with Gasteiger partial charge in [0, 0.05) is 61.3 Å². The summed E-state index contributed by atoms with van der Waals surface area (Å²) >= 11 is 6.70. The fourth-order valence-electron chi connectivity index (χ4n) is 7.18. The second kappa shape index (κ2) is 11.6. The summed E-state index contributed by atoms with van der Waals surface area (Å²) in [6, 6.07) is 13.5. The van der Waals surface area contributed by atoms with Crippen LogP contribution in [0.15, 0.2) is 36.4 Å². The van der Waals surface area contributed by atoms with Crippen molar-refractivity contribution in [3.05, 3.63) is 64.1 Å². The average Bonchev–Trinajstić information content (AvgIpc) is 3.63. The Morgan fingerprint density at radius 3 is 2.83 bits per heavy atom. The molecule has 5 heterocycles. The highest BCUT2D eigenvalue weighted by atomic mass is 35.5. The molecule has 0 unspecified atom stereocenters. The molecule has 0 amide bonds. The minimum atomic E-state index is 0.383. The number of hydrogen-bond acceptors (Lipinski definition) is 7. The summed E-state index contributed by atoms with van der Waals surface area (Å²) in [5.41, 5.74) is 3.39. The number of aromatic nitrogens is 2.